The van der Waals surface area contributed by atoms with Crippen molar-refractivity contribution in [3.05, 3.63) is 89.9 Å². The lowest BCUT2D eigenvalue weighted by molar-refractivity contribution is -0.128. The first-order valence-electron chi connectivity index (χ1n) is 10.7. The van der Waals surface area contributed by atoms with E-state index in [0.29, 0.717) is 31.4 Å². The third-order valence-corrected chi connectivity index (χ3v) is 5.93. The summed E-state index contributed by atoms with van der Waals surface area (Å²) >= 11 is 1.32. The number of carbonyl (C=O) groups is 1. The van der Waals surface area contributed by atoms with E-state index in [1.807, 2.05) is 78.6 Å². The fourth-order valence-corrected chi connectivity index (χ4v) is 3.97. The van der Waals surface area contributed by atoms with Gasteiger partial charge in [0.25, 0.3) is 0 Å². The predicted octanol–water partition coefficient (Wildman–Crippen LogP) is 4.03. The Kier molecular flexibility index (Phi) is 7.76. The summed E-state index contributed by atoms with van der Waals surface area (Å²) in [5, 5.41) is 12.3. The third-order valence-electron chi connectivity index (χ3n) is 4.99. The zero-order valence-electron chi connectivity index (χ0n) is 18.3. The van der Waals surface area contributed by atoms with Crippen LogP contribution in [-0.4, -0.2) is 43.3 Å². The summed E-state index contributed by atoms with van der Waals surface area (Å²) in [5.41, 5.74) is 2.17. The summed E-state index contributed by atoms with van der Waals surface area (Å²) in [7, 11) is 0. The van der Waals surface area contributed by atoms with E-state index < -0.39 is 0 Å². The second-order valence-corrected chi connectivity index (χ2v) is 8.26. The average molecular weight is 464 g/mol. The van der Waals surface area contributed by atoms with E-state index in [1.165, 1.54) is 11.8 Å². The Labute approximate surface area is 196 Å². The fourth-order valence-electron chi connectivity index (χ4n) is 3.20. The molecule has 8 nitrogen and oxygen atoms in total. The van der Waals surface area contributed by atoms with Gasteiger partial charge >= 0.3 is 0 Å². The van der Waals surface area contributed by atoms with Crippen LogP contribution in [0.25, 0.3) is 0 Å². The minimum atomic E-state index is 0.0273. The molecule has 1 amide bonds. The molecular formula is C24H25N5O3S. The summed E-state index contributed by atoms with van der Waals surface area (Å²) in [5.74, 6) is 1.84. The van der Waals surface area contributed by atoms with Crippen LogP contribution in [0.15, 0.2) is 82.6 Å². The van der Waals surface area contributed by atoms with Crippen molar-refractivity contribution < 1.29 is 13.9 Å². The third kappa shape index (κ3) is 6.45. The molecule has 0 unspecified atom stereocenters. The molecule has 4 rings (SSSR count). The summed E-state index contributed by atoms with van der Waals surface area (Å²) < 4.78 is 12.8. The lowest BCUT2D eigenvalue weighted by atomic mass is 10.2. The minimum Gasteiger partial charge on any atom is -0.489 e. The highest BCUT2D eigenvalue weighted by Crippen LogP contribution is 2.18. The molecule has 33 heavy (non-hydrogen) atoms. The number of rotatable bonds is 11. The van der Waals surface area contributed by atoms with Crippen molar-refractivity contribution in [3.63, 3.8) is 0 Å². The summed E-state index contributed by atoms with van der Waals surface area (Å²) in [6.45, 7) is 4.07. The predicted molar refractivity (Wildman–Crippen MR) is 125 cm³/mol. The van der Waals surface area contributed by atoms with Crippen LogP contribution in [0.2, 0.25) is 0 Å². The standard InChI is InChI=1S/C24H25N5O3S/c1-2-28(15-19-10-12-21(13-11-19)32-17-20-7-4-3-5-8-20)23(30)18-33-24-25-26-27-29(24)16-22-9-6-14-31-22/h3-14H,2,15-18H2,1H3. The number of thioether (sulfide) groups is 1. The van der Waals surface area contributed by atoms with Gasteiger partial charge < -0.3 is 14.1 Å². The van der Waals surface area contributed by atoms with E-state index in [2.05, 4.69) is 15.5 Å². The van der Waals surface area contributed by atoms with Crippen molar-refractivity contribution in [2.24, 2.45) is 0 Å². The van der Waals surface area contributed by atoms with Crippen LogP contribution in [0.5, 0.6) is 5.75 Å². The van der Waals surface area contributed by atoms with E-state index in [9.17, 15) is 4.79 Å². The van der Waals surface area contributed by atoms with E-state index in [-0.39, 0.29) is 11.7 Å². The smallest absolute Gasteiger partial charge is 0.233 e. The Morgan fingerprint density at radius 1 is 1.06 bits per heavy atom. The van der Waals surface area contributed by atoms with Crippen LogP contribution in [0.3, 0.4) is 0 Å². The van der Waals surface area contributed by atoms with Crippen LogP contribution in [-0.2, 0) is 24.5 Å². The monoisotopic (exact) mass is 463 g/mol. The first kappa shape index (κ1) is 22.6. The van der Waals surface area contributed by atoms with E-state index in [4.69, 9.17) is 9.15 Å². The maximum absolute atomic E-state index is 12.8. The molecule has 0 aliphatic rings. The lowest BCUT2D eigenvalue weighted by Gasteiger charge is -2.21. The largest absolute Gasteiger partial charge is 0.489 e. The number of aromatic nitrogens is 4. The zero-order valence-corrected chi connectivity index (χ0v) is 19.1. The van der Waals surface area contributed by atoms with Crippen LogP contribution in [0.4, 0.5) is 0 Å². The maximum Gasteiger partial charge on any atom is 0.233 e. The van der Waals surface area contributed by atoms with E-state index in [1.54, 1.807) is 10.9 Å². The molecule has 9 heteroatoms. The van der Waals surface area contributed by atoms with Gasteiger partial charge in [0.15, 0.2) is 0 Å². The minimum absolute atomic E-state index is 0.0273. The van der Waals surface area contributed by atoms with Crippen molar-refractivity contribution in [1.82, 2.24) is 25.1 Å². The molecule has 0 saturated carbocycles. The molecule has 0 N–H and O–H groups in total. The number of nitrogens with zero attached hydrogens (tertiary/aromatic N) is 5. The van der Waals surface area contributed by atoms with Crippen molar-refractivity contribution in [1.29, 1.82) is 0 Å². The van der Waals surface area contributed by atoms with Crippen LogP contribution in [0.1, 0.15) is 23.8 Å². The van der Waals surface area contributed by atoms with Crippen LogP contribution >= 0.6 is 11.8 Å². The quantitative estimate of drug-likeness (QED) is 0.310. The van der Waals surface area contributed by atoms with Crippen molar-refractivity contribution >= 4 is 17.7 Å². The number of benzene rings is 2. The Bertz CT molecular complexity index is 1130. The molecule has 170 valence electrons. The van der Waals surface area contributed by atoms with Gasteiger partial charge in [0.2, 0.25) is 11.1 Å². The van der Waals surface area contributed by atoms with Gasteiger partial charge in [-0.25, -0.2) is 4.68 Å². The Morgan fingerprint density at radius 2 is 1.88 bits per heavy atom. The first-order chi connectivity index (χ1) is 16.2. The van der Waals surface area contributed by atoms with Crippen LogP contribution in [0, 0.1) is 0 Å². The maximum atomic E-state index is 12.8. The number of furan rings is 1. The highest BCUT2D eigenvalue weighted by molar-refractivity contribution is 7.99. The fraction of sp³-hybridized carbons (Fsp3) is 0.250. The number of hydrogen-bond acceptors (Lipinski definition) is 7. The zero-order chi connectivity index (χ0) is 22.9. The number of amides is 1. The first-order valence-corrected chi connectivity index (χ1v) is 11.6. The van der Waals surface area contributed by atoms with E-state index in [0.717, 1.165) is 22.6 Å². The lowest BCUT2D eigenvalue weighted by Crippen LogP contribution is -2.31. The molecule has 0 aliphatic carbocycles. The number of carbonyl (C=O) groups excluding carboxylic acids is 1. The van der Waals surface area contributed by atoms with Gasteiger partial charge in [0.1, 0.15) is 24.7 Å². The molecule has 0 atom stereocenters. The highest BCUT2D eigenvalue weighted by Gasteiger charge is 2.16. The molecule has 0 aliphatic heterocycles. The molecule has 0 saturated heterocycles. The SMILES string of the molecule is CCN(Cc1ccc(OCc2ccccc2)cc1)C(=O)CSc1nnnn1Cc1ccco1. The highest BCUT2D eigenvalue weighted by atomic mass is 32.2. The van der Waals surface area contributed by atoms with Crippen molar-refractivity contribution in [2.45, 2.75) is 31.8 Å². The molecule has 2 heterocycles. The second-order valence-electron chi connectivity index (χ2n) is 7.31. The summed E-state index contributed by atoms with van der Waals surface area (Å²) in [6, 6.07) is 21.6. The van der Waals surface area contributed by atoms with Crippen molar-refractivity contribution in [3.8, 4) is 5.75 Å². The molecule has 0 radical (unpaired) electrons. The Morgan fingerprint density at radius 3 is 2.61 bits per heavy atom. The topological polar surface area (TPSA) is 86.3 Å². The number of tetrazole rings is 1. The molecular weight excluding hydrogens is 438 g/mol. The Balaban J connectivity index is 1.28. The van der Waals surface area contributed by atoms with Crippen LogP contribution < -0.4 is 4.74 Å². The van der Waals surface area contributed by atoms with Gasteiger partial charge in [-0.15, -0.1) is 5.10 Å². The molecule has 0 bridgehead atoms. The summed E-state index contributed by atoms with van der Waals surface area (Å²) in [4.78, 5) is 14.6. The second kappa shape index (κ2) is 11.3. The average Bonchev–Trinajstić information content (AvgIpc) is 3.53. The molecule has 4 aromatic rings. The van der Waals surface area contributed by atoms with E-state index >= 15 is 0 Å². The van der Waals surface area contributed by atoms with Gasteiger partial charge in [-0.3, -0.25) is 4.79 Å². The van der Waals surface area contributed by atoms with Crippen molar-refractivity contribution in [2.75, 3.05) is 12.3 Å². The van der Waals surface area contributed by atoms with Gasteiger partial charge in [-0.2, -0.15) is 0 Å². The van der Waals surface area contributed by atoms with Gasteiger partial charge in [-0.1, -0.05) is 54.2 Å². The molecule has 0 spiro atoms. The number of hydrogen-bond donors (Lipinski definition) is 0. The van der Waals surface area contributed by atoms with Gasteiger partial charge in [0, 0.05) is 13.1 Å². The normalized spacial score (nSPS) is 10.8. The molecule has 2 aromatic carbocycles. The molecule has 2 aromatic heterocycles. The Hall–Kier alpha value is -3.59. The summed E-state index contributed by atoms with van der Waals surface area (Å²) in [6.07, 6.45) is 1.61. The van der Waals surface area contributed by atoms with Gasteiger partial charge in [0.05, 0.1) is 12.0 Å². The molecule has 0 fully saturated rings. The van der Waals surface area contributed by atoms with Gasteiger partial charge in [-0.05, 0) is 52.7 Å². The number of ether oxygens (including phenoxy) is 1.